The van der Waals surface area contributed by atoms with Crippen LogP contribution >= 0.6 is 15.9 Å². The minimum Gasteiger partial charge on any atom is -0.334 e. The predicted molar refractivity (Wildman–Crippen MR) is 101 cm³/mol. The Balaban J connectivity index is 1.98. The Hall–Kier alpha value is -2.54. The van der Waals surface area contributed by atoms with E-state index in [1.807, 2.05) is 32.9 Å². The monoisotopic (exact) mass is 417 g/mol. The fraction of sp³-hybridized carbons (Fsp3) is 0.211. The van der Waals surface area contributed by atoms with Gasteiger partial charge in [0.2, 0.25) is 0 Å². The smallest absolute Gasteiger partial charge is 0.260 e. The molecule has 0 spiro atoms. The third kappa shape index (κ3) is 3.83. The Labute approximate surface area is 158 Å². The van der Waals surface area contributed by atoms with Crippen molar-refractivity contribution >= 4 is 27.5 Å². The van der Waals surface area contributed by atoms with Crippen molar-refractivity contribution < 1.29 is 13.7 Å². The van der Waals surface area contributed by atoms with Crippen molar-refractivity contribution in [2.45, 2.75) is 26.7 Å². The second-order valence-corrected chi connectivity index (χ2v) is 7.14. The van der Waals surface area contributed by atoms with E-state index < -0.39 is 11.7 Å². The highest BCUT2D eigenvalue weighted by Crippen LogP contribution is 2.31. The van der Waals surface area contributed by atoms with E-state index in [1.165, 1.54) is 12.1 Å². The predicted octanol–water partition coefficient (Wildman–Crippen LogP) is 5.32. The van der Waals surface area contributed by atoms with E-state index >= 15 is 0 Å². The molecule has 0 aliphatic carbocycles. The van der Waals surface area contributed by atoms with Crippen LogP contribution in [0.25, 0.3) is 11.5 Å². The van der Waals surface area contributed by atoms with Gasteiger partial charge in [0.15, 0.2) is 5.82 Å². The second kappa shape index (κ2) is 7.37. The fourth-order valence-corrected chi connectivity index (χ4v) is 2.93. The Morgan fingerprint density at radius 2 is 2.04 bits per heavy atom. The molecule has 3 aromatic rings. The molecule has 0 unspecified atom stereocenters. The van der Waals surface area contributed by atoms with Crippen molar-refractivity contribution in [1.29, 1.82) is 0 Å². The summed E-state index contributed by atoms with van der Waals surface area (Å²) in [5, 5.41) is 6.80. The normalized spacial score (nSPS) is 11.0. The summed E-state index contributed by atoms with van der Waals surface area (Å²) in [7, 11) is 0. The Morgan fingerprint density at radius 1 is 1.27 bits per heavy atom. The molecule has 0 radical (unpaired) electrons. The first-order valence-corrected chi connectivity index (χ1v) is 8.85. The Bertz CT molecular complexity index is 949. The molecular weight excluding hydrogens is 401 g/mol. The highest BCUT2D eigenvalue weighted by Gasteiger charge is 2.18. The molecule has 0 atom stereocenters. The molecule has 1 N–H and O–H groups in total. The number of carbonyl (C=O) groups excluding carboxylic acids is 1. The number of carbonyl (C=O) groups is 1. The van der Waals surface area contributed by atoms with Gasteiger partial charge in [-0.25, -0.2) is 4.39 Å². The van der Waals surface area contributed by atoms with Gasteiger partial charge in [-0.1, -0.05) is 47.1 Å². The summed E-state index contributed by atoms with van der Waals surface area (Å²) in [6.45, 7) is 5.80. The molecule has 5 nitrogen and oxygen atoms in total. The van der Waals surface area contributed by atoms with Crippen LogP contribution < -0.4 is 5.32 Å². The maximum Gasteiger partial charge on any atom is 0.260 e. The molecule has 134 valence electrons. The lowest BCUT2D eigenvalue weighted by molar-refractivity contribution is 0.102. The molecule has 7 heteroatoms. The zero-order valence-corrected chi connectivity index (χ0v) is 16.1. The first-order valence-electron chi connectivity index (χ1n) is 8.06. The van der Waals surface area contributed by atoms with Gasteiger partial charge >= 0.3 is 0 Å². The minimum atomic E-state index is -0.493. The van der Waals surface area contributed by atoms with Crippen LogP contribution in [-0.2, 0) is 0 Å². The standard InChI is InChI=1S/C19H17BrFN3O2/c1-10(2)17-23-19(26-24-17)15-6-4-5-11(3)16(15)22-18(25)12-7-13(20)9-14(21)8-12/h4-10H,1-3H3,(H,22,25). The molecule has 1 heterocycles. The lowest BCUT2D eigenvalue weighted by Gasteiger charge is -2.12. The van der Waals surface area contributed by atoms with E-state index in [0.29, 0.717) is 27.4 Å². The van der Waals surface area contributed by atoms with Crippen molar-refractivity contribution in [3.63, 3.8) is 0 Å². The van der Waals surface area contributed by atoms with Gasteiger partial charge in [0, 0.05) is 16.0 Å². The number of amides is 1. The highest BCUT2D eigenvalue weighted by molar-refractivity contribution is 9.10. The molecule has 0 saturated carbocycles. The van der Waals surface area contributed by atoms with E-state index in [1.54, 1.807) is 12.1 Å². The quantitative estimate of drug-likeness (QED) is 0.623. The number of aryl methyl sites for hydroxylation is 1. The number of anilines is 1. The van der Waals surface area contributed by atoms with Gasteiger partial charge < -0.3 is 9.84 Å². The second-order valence-electron chi connectivity index (χ2n) is 6.22. The van der Waals surface area contributed by atoms with E-state index in [-0.39, 0.29) is 11.5 Å². The summed E-state index contributed by atoms with van der Waals surface area (Å²) in [6, 6.07) is 9.53. The van der Waals surface area contributed by atoms with Crippen molar-refractivity contribution in [2.75, 3.05) is 5.32 Å². The van der Waals surface area contributed by atoms with E-state index in [9.17, 15) is 9.18 Å². The summed E-state index contributed by atoms with van der Waals surface area (Å²) in [5.41, 5.74) is 2.21. The zero-order chi connectivity index (χ0) is 18.8. The Morgan fingerprint density at radius 3 is 2.69 bits per heavy atom. The van der Waals surface area contributed by atoms with Crippen LogP contribution in [0.1, 0.15) is 41.5 Å². The number of para-hydroxylation sites is 1. The molecule has 26 heavy (non-hydrogen) atoms. The first-order chi connectivity index (χ1) is 12.3. The van der Waals surface area contributed by atoms with Gasteiger partial charge in [-0.05, 0) is 36.8 Å². The van der Waals surface area contributed by atoms with Gasteiger partial charge in [0.05, 0.1) is 11.3 Å². The number of hydrogen-bond donors (Lipinski definition) is 1. The largest absolute Gasteiger partial charge is 0.334 e. The third-order valence-electron chi connectivity index (χ3n) is 3.82. The molecular formula is C19H17BrFN3O2. The SMILES string of the molecule is Cc1cccc(-c2nc(C(C)C)no2)c1NC(=O)c1cc(F)cc(Br)c1. The minimum absolute atomic E-state index is 0.125. The van der Waals surface area contributed by atoms with Gasteiger partial charge in [-0.2, -0.15) is 4.98 Å². The molecule has 3 rings (SSSR count). The molecule has 1 amide bonds. The van der Waals surface area contributed by atoms with E-state index in [2.05, 4.69) is 31.4 Å². The summed E-state index contributed by atoms with van der Waals surface area (Å²) in [6.07, 6.45) is 0. The summed E-state index contributed by atoms with van der Waals surface area (Å²) in [4.78, 5) is 17.0. The van der Waals surface area contributed by atoms with Crippen LogP contribution in [0.5, 0.6) is 0 Å². The van der Waals surface area contributed by atoms with Crippen LogP contribution in [-0.4, -0.2) is 16.0 Å². The fourth-order valence-electron chi connectivity index (χ4n) is 2.46. The average Bonchev–Trinajstić information content (AvgIpc) is 3.06. The third-order valence-corrected chi connectivity index (χ3v) is 4.28. The lowest BCUT2D eigenvalue weighted by atomic mass is 10.1. The molecule has 1 aromatic heterocycles. The number of nitrogens with zero attached hydrogens (tertiary/aromatic N) is 2. The van der Waals surface area contributed by atoms with Crippen LogP contribution in [0.3, 0.4) is 0 Å². The molecule has 0 aliphatic rings. The van der Waals surface area contributed by atoms with Crippen molar-refractivity contribution in [3.05, 3.63) is 63.6 Å². The summed E-state index contributed by atoms with van der Waals surface area (Å²) in [5.74, 6) is 0.123. The maximum absolute atomic E-state index is 13.6. The molecule has 0 bridgehead atoms. The topological polar surface area (TPSA) is 68.0 Å². The highest BCUT2D eigenvalue weighted by atomic mass is 79.9. The summed E-state index contributed by atoms with van der Waals surface area (Å²) >= 11 is 3.20. The number of rotatable bonds is 4. The molecule has 0 fully saturated rings. The van der Waals surface area contributed by atoms with Crippen LogP contribution in [0.2, 0.25) is 0 Å². The lowest BCUT2D eigenvalue weighted by Crippen LogP contribution is -2.14. The number of aromatic nitrogens is 2. The first kappa shape index (κ1) is 18.3. The maximum atomic E-state index is 13.6. The van der Waals surface area contributed by atoms with Gasteiger partial charge in [0.1, 0.15) is 5.82 Å². The van der Waals surface area contributed by atoms with Crippen LogP contribution in [0.4, 0.5) is 10.1 Å². The van der Waals surface area contributed by atoms with Crippen molar-refractivity contribution in [2.24, 2.45) is 0 Å². The molecule has 2 aromatic carbocycles. The van der Waals surface area contributed by atoms with Crippen LogP contribution in [0, 0.1) is 12.7 Å². The number of hydrogen-bond acceptors (Lipinski definition) is 4. The number of halogens is 2. The van der Waals surface area contributed by atoms with Crippen molar-refractivity contribution in [1.82, 2.24) is 10.1 Å². The number of benzene rings is 2. The summed E-state index contributed by atoms with van der Waals surface area (Å²) < 4.78 is 19.4. The zero-order valence-electron chi connectivity index (χ0n) is 14.5. The molecule has 0 aliphatic heterocycles. The molecule has 0 saturated heterocycles. The van der Waals surface area contributed by atoms with E-state index in [0.717, 1.165) is 5.56 Å². The van der Waals surface area contributed by atoms with Gasteiger partial charge in [0.25, 0.3) is 11.8 Å². The van der Waals surface area contributed by atoms with E-state index in [4.69, 9.17) is 4.52 Å². The number of nitrogens with one attached hydrogen (secondary N) is 1. The average molecular weight is 418 g/mol. The Kier molecular flexibility index (Phi) is 5.18. The van der Waals surface area contributed by atoms with Crippen molar-refractivity contribution in [3.8, 4) is 11.5 Å². The van der Waals surface area contributed by atoms with Crippen LogP contribution in [0.15, 0.2) is 45.4 Å². The van der Waals surface area contributed by atoms with Gasteiger partial charge in [-0.3, -0.25) is 4.79 Å². The van der Waals surface area contributed by atoms with Gasteiger partial charge in [-0.15, -0.1) is 0 Å².